The lowest BCUT2D eigenvalue weighted by molar-refractivity contribution is -0.0666. The smallest absolute Gasteiger partial charge is 0.256 e. The number of aromatic nitrogens is 1. The molecule has 2 N–H and O–H groups in total. The number of piperidine rings is 1. The van der Waals surface area contributed by atoms with Crippen LogP contribution in [0.1, 0.15) is 30.6 Å². The zero-order chi connectivity index (χ0) is 14.7. The van der Waals surface area contributed by atoms with Gasteiger partial charge in [-0.05, 0) is 26.3 Å². The molecule has 1 amide bonds. The normalized spacial score (nSPS) is 23.1. The van der Waals surface area contributed by atoms with Gasteiger partial charge in [0.2, 0.25) is 0 Å². The summed E-state index contributed by atoms with van der Waals surface area (Å²) in [7, 11) is 0. The summed E-state index contributed by atoms with van der Waals surface area (Å²) >= 11 is 0. The maximum Gasteiger partial charge on any atom is 0.256 e. The number of carbonyl (C=O) groups excluding carboxylic acids is 1. The molecule has 5 nitrogen and oxygen atoms in total. The quantitative estimate of drug-likeness (QED) is 0.914. The Morgan fingerprint density at radius 3 is 2.95 bits per heavy atom. The first kappa shape index (κ1) is 14.7. The first-order chi connectivity index (χ1) is 9.49. The second-order valence-electron chi connectivity index (χ2n) is 5.24. The summed E-state index contributed by atoms with van der Waals surface area (Å²) in [6.45, 7) is 4.26. The highest BCUT2D eigenvalue weighted by Crippen LogP contribution is 2.21. The predicted molar refractivity (Wildman–Crippen MR) is 74.1 cm³/mol. The third-order valence-corrected chi connectivity index (χ3v) is 3.30. The zero-order valence-electron chi connectivity index (χ0n) is 11.8. The van der Waals surface area contributed by atoms with Gasteiger partial charge in [0.1, 0.15) is 6.17 Å². The minimum Gasteiger partial charge on any atom is -0.397 e. The molecule has 0 aromatic carbocycles. The molecular formula is C14H20FN3O2. The van der Waals surface area contributed by atoms with Crippen molar-refractivity contribution in [2.45, 2.75) is 38.6 Å². The lowest BCUT2D eigenvalue weighted by Gasteiger charge is -2.35. The standard InChI is InChI=1S/C14H20FN3O2/c1-9(2)20-13-4-6-18(8-11(13)15)14(19)10-3-5-17-7-12(10)16/h3,5,7,9,11,13H,4,6,8,16H2,1-2H3/t11-,13+/m1/s1. The lowest BCUT2D eigenvalue weighted by Crippen LogP contribution is -2.48. The summed E-state index contributed by atoms with van der Waals surface area (Å²) < 4.78 is 19.6. The molecule has 0 radical (unpaired) electrons. The Bertz CT molecular complexity index is 481. The molecule has 1 aromatic rings. The Kier molecular flexibility index (Phi) is 4.54. The fourth-order valence-electron chi connectivity index (χ4n) is 2.34. The van der Waals surface area contributed by atoms with Crippen LogP contribution < -0.4 is 5.73 Å². The first-order valence-corrected chi connectivity index (χ1v) is 6.77. The Hall–Kier alpha value is -1.69. The van der Waals surface area contributed by atoms with E-state index in [0.717, 1.165) is 0 Å². The van der Waals surface area contributed by atoms with Crippen molar-refractivity contribution in [2.75, 3.05) is 18.8 Å². The van der Waals surface area contributed by atoms with E-state index >= 15 is 0 Å². The highest BCUT2D eigenvalue weighted by Gasteiger charge is 2.33. The summed E-state index contributed by atoms with van der Waals surface area (Å²) in [5.41, 5.74) is 6.41. The molecule has 6 heteroatoms. The third-order valence-electron chi connectivity index (χ3n) is 3.30. The topological polar surface area (TPSA) is 68.5 Å². The van der Waals surface area contributed by atoms with E-state index < -0.39 is 12.3 Å². The summed E-state index contributed by atoms with van der Waals surface area (Å²) in [5.74, 6) is -0.254. The van der Waals surface area contributed by atoms with Crippen LogP contribution in [0.4, 0.5) is 10.1 Å². The third kappa shape index (κ3) is 3.25. The molecule has 2 atom stereocenters. The molecule has 110 valence electrons. The van der Waals surface area contributed by atoms with Crippen LogP contribution in [-0.4, -0.2) is 47.3 Å². The molecule has 1 aromatic heterocycles. The van der Waals surface area contributed by atoms with E-state index in [1.807, 2.05) is 13.8 Å². The second-order valence-corrected chi connectivity index (χ2v) is 5.24. The van der Waals surface area contributed by atoms with E-state index in [2.05, 4.69) is 4.98 Å². The summed E-state index contributed by atoms with van der Waals surface area (Å²) in [6.07, 6.45) is 1.80. The minimum absolute atomic E-state index is 0.0173. The molecule has 1 aliphatic rings. The van der Waals surface area contributed by atoms with Crippen LogP contribution >= 0.6 is 0 Å². The maximum atomic E-state index is 14.1. The Balaban J connectivity index is 2.02. The molecule has 1 aliphatic heterocycles. The van der Waals surface area contributed by atoms with Crippen molar-refractivity contribution in [2.24, 2.45) is 0 Å². The largest absolute Gasteiger partial charge is 0.397 e. The average Bonchev–Trinajstić information content (AvgIpc) is 2.40. The molecule has 0 bridgehead atoms. The molecule has 0 saturated carbocycles. The monoisotopic (exact) mass is 281 g/mol. The maximum absolute atomic E-state index is 14.1. The number of hydrogen-bond acceptors (Lipinski definition) is 4. The van der Waals surface area contributed by atoms with Crippen LogP contribution in [0, 0.1) is 0 Å². The van der Waals surface area contributed by atoms with Crippen LogP contribution in [0.2, 0.25) is 0 Å². The summed E-state index contributed by atoms with van der Waals surface area (Å²) in [4.78, 5) is 17.6. The number of pyridine rings is 1. The van der Waals surface area contributed by atoms with Crippen molar-refractivity contribution >= 4 is 11.6 Å². The van der Waals surface area contributed by atoms with Crippen LogP contribution in [0.25, 0.3) is 0 Å². The fourth-order valence-corrected chi connectivity index (χ4v) is 2.34. The van der Waals surface area contributed by atoms with Gasteiger partial charge in [-0.3, -0.25) is 9.78 Å². The van der Waals surface area contributed by atoms with Gasteiger partial charge in [0.25, 0.3) is 5.91 Å². The van der Waals surface area contributed by atoms with Gasteiger partial charge in [-0.2, -0.15) is 0 Å². The number of likely N-dealkylation sites (tertiary alicyclic amines) is 1. The number of anilines is 1. The van der Waals surface area contributed by atoms with E-state index in [4.69, 9.17) is 10.5 Å². The SMILES string of the molecule is CC(C)O[C@H]1CCN(C(=O)c2ccncc2N)C[C@H]1F. The number of alkyl halides is 1. The van der Waals surface area contributed by atoms with E-state index in [1.165, 1.54) is 17.3 Å². The zero-order valence-corrected chi connectivity index (χ0v) is 11.8. The highest BCUT2D eigenvalue weighted by molar-refractivity contribution is 5.98. The number of amides is 1. The number of nitrogens with two attached hydrogens (primary N) is 1. The molecule has 0 spiro atoms. The van der Waals surface area contributed by atoms with Crippen molar-refractivity contribution in [3.05, 3.63) is 24.0 Å². The van der Waals surface area contributed by atoms with Gasteiger partial charge in [-0.25, -0.2) is 4.39 Å². The van der Waals surface area contributed by atoms with Crippen LogP contribution in [0.5, 0.6) is 0 Å². The number of carbonyl (C=O) groups is 1. The van der Waals surface area contributed by atoms with Crippen molar-refractivity contribution in [3.8, 4) is 0 Å². The number of hydrogen-bond donors (Lipinski definition) is 1. The van der Waals surface area contributed by atoms with Crippen LogP contribution in [-0.2, 0) is 4.74 Å². The van der Waals surface area contributed by atoms with Gasteiger partial charge >= 0.3 is 0 Å². The van der Waals surface area contributed by atoms with Gasteiger partial charge in [-0.15, -0.1) is 0 Å². The Morgan fingerprint density at radius 1 is 1.60 bits per heavy atom. The van der Waals surface area contributed by atoms with Gasteiger partial charge in [0.05, 0.1) is 36.2 Å². The van der Waals surface area contributed by atoms with Crippen molar-refractivity contribution < 1.29 is 13.9 Å². The number of ether oxygens (including phenoxy) is 1. The van der Waals surface area contributed by atoms with E-state index in [-0.39, 0.29) is 18.6 Å². The van der Waals surface area contributed by atoms with Crippen LogP contribution in [0.3, 0.4) is 0 Å². The van der Waals surface area contributed by atoms with Gasteiger partial charge in [0.15, 0.2) is 0 Å². The molecule has 1 saturated heterocycles. The van der Waals surface area contributed by atoms with Crippen molar-refractivity contribution in [1.82, 2.24) is 9.88 Å². The molecular weight excluding hydrogens is 261 g/mol. The van der Waals surface area contributed by atoms with E-state index in [1.54, 1.807) is 6.07 Å². The van der Waals surface area contributed by atoms with E-state index in [9.17, 15) is 9.18 Å². The Morgan fingerprint density at radius 2 is 2.35 bits per heavy atom. The van der Waals surface area contributed by atoms with Crippen molar-refractivity contribution in [1.29, 1.82) is 0 Å². The molecule has 20 heavy (non-hydrogen) atoms. The number of nitrogens with zero attached hydrogens (tertiary/aromatic N) is 2. The lowest BCUT2D eigenvalue weighted by atomic mass is 10.0. The average molecular weight is 281 g/mol. The number of nitrogen functional groups attached to an aromatic ring is 1. The second kappa shape index (κ2) is 6.17. The predicted octanol–water partition coefficient (Wildman–Crippen LogP) is 1.64. The minimum atomic E-state index is -1.17. The molecule has 1 fully saturated rings. The summed E-state index contributed by atoms with van der Waals surface area (Å²) in [6, 6.07) is 1.56. The van der Waals surface area contributed by atoms with Gasteiger partial charge < -0.3 is 15.4 Å². The molecule has 0 unspecified atom stereocenters. The number of rotatable bonds is 3. The summed E-state index contributed by atoms with van der Waals surface area (Å²) in [5, 5.41) is 0. The molecule has 2 rings (SSSR count). The first-order valence-electron chi connectivity index (χ1n) is 6.77. The Labute approximate surface area is 117 Å². The number of halogens is 1. The van der Waals surface area contributed by atoms with Crippen LogP contribution in [0.15, 0.2) is 18.5 Å². The molecule has 0 aliphatic carbocycles. The van der Waals surface area contributed by atoms with E-state index in [0.29, 0.717) is 24.2 Å². The van der Waals surface area contributed by atoms with Gasteiger partial charge in [0, 0.05) is 12.7 Å². The van der Waals surface area contributed by atoms with Gasteiger partial charge in [-0.1, -0.05) is 0 Å². The molecule has 2 heterocycles. The highest BCUT2D eigenvalue weighted by atomic mass is 19.1. The van der Waals surface area contributed by atoms with Crippen molar-refractivity contribution in [3.63, 3.8) is 0 Å². The fraction of sp³-hybridized carbons (Fsp3) is 0.571.